The van der Waals surface area contributed by atoms with E-state index in [9.17, 15) is 9.59 Å². The van der Waals surface area contributed by atoms with E-state index in [1.54, 1.807) is 16.7 Å². The zero-order valence-electron chi connectivity index (χ0n) is 15.3. The summed E-state index contributed by atoms with van der Waals surface area (Å²) in [6.45, 7) is 0.559. The molecule has 0 fully saturated rings. The number of para-hydroxylation sites is 2. The summed E-state index contributed by atoms with van der Waals surface area (Å²) in [5, 5.41) is 2.81. The number of carbonyl (C=O) groups is 2. The summed E-state index contributed by atoms with van der Waals surface area (Å²) < 4.78 is 0. The summed E-state index contributed by atoms with van der Waals surface area (Å²) >= 11 is 1.55. The van der Waals surface area contributed by atoms with Crippen molar-refractivity contribution in [2.45, 2.75) is 22.6 Å². The minimum Gasteiger partial charge on any atom is -0.317 e. The second kappa shape index (κ2) is 8.31. The molecule has 0 aliphatic carbocycles. The summed E-state index contributed by atoms with van der Waals surface area (Å²) in [4.78, 5) is 29.1. The van der Waals surface area contributed by atoms with Crippen LogP contribution >= 0.6 is 11.8 Å². The van der Waals surface area contributed by atoms with E-state index in [1.165, 1.54) is 0 Å². The highest BCUT2D eigenvalue weighted by atomic mass is 32.2. The standard InChI is InChI=1S/C23H20N2O2S/c26-22(23(27)25-16-8-10-17-9-4-6-14-20(17)25)24-19-13-5-7-15-21(19)28-18-11-2-1-3-12-18/h1-7,9,11-15H,8,10,16H2,(H,24,26). The van der Waals surface area contributed by atoms with Crippen molar-refractivity contribution in [2.75, 3.05) is 16.8 Å². The predicted octanol–water partition coefficient (Wildman–Crippen LogP) is 4.76. The average Bonchev–Trinajstić information content (AvgIpc) is 2.75. The van der Waals surface area contributed by atoms with Crippen molar-refractivity contribution in [3.05, 3.63) is 84.4 Å². The number of carbonyl (C=O) groups excluding carboxylic acids is 2. The number of hydrogen-bond acceptors (Lipinski definition) is 3. The normalized spacial score (nSPS) is 12.9. The quantitative estimate of drug-likeness (QED) is 0.659. The van der Waals surface area contributed by atoms with Crippen LogP contribution in [0.3, 0.4) is 0 Å². The van der Waals surface area contributed by atoms with Crippen molar-refractivity contribution in [1.82, 2.24) is 0 Å². The van der Waals surface area contributed by atoms with E-state index in [-0.39, 0.29) is 0 Å². The molecule has 1 heterocycles. The van der Waals surface area contributed by atoms with Gasteiger partial charge >= 0.3 is 11.8 Å². The molecule has 0 aromatic heterocycles. The first-order valence-electron chi connectivity index (χ1n) is 9.25. The summed E-state index contributed by atoms with van der Waals surface area (Å²) in [5.74, 6) is -1.13. The fourth-order valence-electron chi connectivity index (χ4n) is 3.32. The van der Waals surface area contributed by atoms with E-state index in [2.05, 4.69) is 5.32 Å². The Kier molecular flexibility index (Phi) is 5.44. The third kappa shape index (κ3) is 3.94. The van der Waals surface area contributed by atoms with Crippen molar-refractivity contribution in [3.8, 4) is 0 Å². The Hall–Kier alpha value is -3.05. The number of nitrogens with one attached hydrogen (secondary N) is 1. The lowest BCUT2D eigenvalue weighted by atomic mass is 10.0. The van der Waals surface area contributed by atoms with Gasteiger partial charge in [-0.1, -0.05) is 60.3 Å². The van der Waals surface area contributed by atoms with Gasteiger partial charge in [-0.15, -0.1) is 0 Å². The number of hydrogen-bond donors (Lipinski definition) is 1. The van der Waals surface area contributed by atoms with Crippen LogP contribution in [-0.4, -0.2) is 18.4 Å². The van der Waals surface area contributed by atoms with Gasteiger partial charge in [0.1, 0.15) is 0 Å². The fourth-order valence-corrected chi connectivity index (χ4v) is 4.24. The molecule has 4 rings (SSSR count). The Morgan fingerprint density at radius 3 is 2.43 bits per heavy atom. The topological polar surface area (TPSA) is 49.4 Å². The van der Waals surface area contributed by atoms with Crippen LogP contribution in [0.4, 0.5) is 11.4 Å². The van der Waals surface area contributed by atoms with Crippen LogP contribution in [0.2, 0.25) is 0 Å². The second-order valence-corrected chi connectivity index (χ2v) is 7.67. The lowest BCUT2D eigenvalue weighted by Crippen LogP contribution is -2.42. The molecule has 0 atom stereocenters. The van der Waals surface area contributed by atoms with Crippen LogP contribution in [0.15, 0.2) is 88.7 Å². The number of rotatable bonds is 3. The number of anilines is 2. The Balaban J connectivity index is 1.52. The van der Waals surface area contributed by atoms with Crippen LogP contribution < -0.4 is 10.2 Å². The Morgan fingerprint density at radius 1 is 0.857 bits per heavy atom. The average molecular weight is 388 g/mol. The maximum absolute atomic E-state index is 12.8. The summed E-state index contributed by atoms with van der Waals surface area (Å²) in [5.41, 5.74) is 2.58. The first-order chi connectivity index (χ1) is 13.7. The maximum atomic E-state index is 12.8. The van der Waals surface area contributed by atoms with Gasteiger partial charge < -0.3 is 10.2 Å². The number of nitrogens with zero attached hydrogens (tertiary/aromatic N) is 1. The molecule has 5 heteroatoms. The molecule has 0 saturated heterocycles. The molecule has 4 nitrogen and oxygen atoms in total. The molecule has 0 bridgehead atoms. The molecule has 1 N–H and O–H groups in total. The van der Waals surface area contributed by atoms with E-state index in [1.807, 2.05) is 78.9 Å². The Labute approximate surface area is 168 Å². The van der Waals surface area contributed by atoms with Gasteiger partial charge in [-0.25, -0.2) is 0 Å². The molecular weight excluding hydrogens is 368 g/mol. The van der Waals surface area contributed by atoms with Gasteiger partial charge in [0, 0.05) is 22.0 Å². The van der Waals surface area contributed by atoms with Gasteiger partial charge in [-0.05, 0) is 48.7 Å². The van der Waals surface area contributed by atoms with Crippen molar-refractivity contribution in [3.63, 3.8) is 0 Å². The number of amides is 2. The monoisotopic (exact) mass is 388 g/mol. The van der Waals surface area contributed by atoms with Crippen LogP contribution in [0.1, 0.15) is 12.0 Å². The van der Waals surface area contributed by atoms with Crippen molar-refractivity contribution >= 4 is 35.0 Å². The minimum atomic E-state index is -0.613. The fraction of sp³-hybridized carbons (Fsp3) is 0.130. The molecule has 2 amide bonds. The lowest BCUT2D eigenvalue weighted by Gasteiger charge is -2.28. The smallest absolute Gasteiger partial charge is 0.316 e. The van der Waals surface area contributed by atoms with Crippen molar-refractivity contribution in [2.24, 2.45) is 0 Å². The van der Waals surface area contributed by atoms with Crippen LogP contribution in [0.25, 0.3) is 0 Å². The van der Waals surface area contributed by atoms with E-state index < -0.39 is 11.8 Å². The molecule has 0 spiro atoms. The van der Waals surface area contributed by atoms with Crippen LogP contribution in [0.5, 0.6) is 0 Å². The van der Waals surface area contributed by atoms with Gasteiger partial charge in [0.15, 0.2) is 0 Å². The number of aryl methyl sites for hydroxylation is 1. The third-order valence-electron chi connectivity index (χ3n) is 4.66. The minimum absolute atomic E-state index is 0.522. The van der Waals surface area contributed by atoms with Gasteiger partial charge in [0.2, 0.25) is 0 Å². The van der Waals surface area contributed by atoms with E-state index in [0.29, 0.717) is 12.2 Å². The zero-order valence-corrected chi connectivity index (χ0v) is 16.1. The summed E-state index contributed by atoms with van der Waals surface area (Å²) in [7, 11) is 0. The highest BCUT2D eigenvalue weighted by Crippen LogP contribution is 2.33. The first-order valence-corrected chi connectivity index (χ1v) is 10.1. The molecule has 0 saturated carbocycles. The molecule has 0 unspecified atom stereocenters. The highest BCUT2D eigenvalue weighted by Gasteiger charge is 2.27. The van der Waals surface area contributed by atoms with E-state index in [0.717, 1.165) is 33.9 Å². The van der Waals surface area contributed by atoms with E-state index >= 15 is 0 Å². The van der Waals surface area contributed by atoms with Gasteiger partial charge in [0.25, 0.3) is 0 Å². The molecule has 0 radical (unpaired) electrons. The molecule has 28 heavy (non-hydrogen) atoms. The zero-order chi connectivity index (χ0) is 19.3. The van der Waals surface area contributed by atoms with Crippen LogP contribution in [-0.2, 0) is 16.0 Å². The highest BCUT2D eigenvalue weighted by molar-refractivity contribution is 7.99. The lowest BCUT2D eigenvalue weighted by molar-refractivity contribution is -0.134. The molecular formula is C23H20N2O2S. The third-order valence-corrected chi connectivity index (χ3v) is 5.74. The summed E-state index contributed by atoms with van der Waals surface area (Å²) in [6, 6.07) is 25.2. The number of fused-ring (bicyclic) bond motifs is 1. The summed E-state index contributed by atoms with van der Waals surface area (Å²) in [6.07, 6.45) is 1.79. The Bertz CT molecular complexity index is 1000. The first kappa shape index (κ1) is 18.3. The van der Waals surface area contributed by atoms with Crippen molar-refractivity contribution in [1.29, 1.82) is 0 Å². The molecule has 3 aromatic carbocycles. The number of benzene rings is 3. The van der Waals surface area contributed by atoms with Crippen molar-refractivity contribution < 1.29 is 9.59 Å². The molecule has 3 aromatic rings. The molecule has 140 valence electrons. The Morgan fingerprint density at radius 2 is 1.57 bits per heavy atom. The largest absolute Gasteiger partial charge is 0.317 e. The SMILES string of the molecule is O=C(Nc1ccccc1Sc1ccccc1)C(=O)N1CCCc2ccccc21. The van der Waals surface area contributed by atoms with E-state index in [4.69, 9.17) is 0 Å². The van der Waals surface area contributed by atoms with Crippen LogP contribution in [0, 0.1) is 0 Å². The maximum Gasteiger partial charge on any atom is 0.316 e. The second-order valence-electron chi connectivity index (χ2n) is 6.55. The van der Waals surface area contributed by atoms with Gasteiger partial charge in [-0.3, -0.25) is 9.59 Å². The molecule has 1 aliphatic heterocycles. The molecule has 1 aliphatic rings. The predicted molar refractivity (Wildman–Crippen MR) is 113 cm³/mol. The van der Waals surface area contributed by atoms with Gasteiger partial charge in [-0.2, -0.15) is 0 Å². The van der Waals surface area contributed by atoms with Gasteiger partial charge in [0.05, 0.1) is 5.69 Å².